The van der Waals surface area contributed by atoms with Gasteiger partial charge in [-0.1, -0.05) is 61.7 Å². The summed E-state index contributed by atoms with van der Waals surface area (Å²) in [5.74, 6) is -0.788. The highest BCUT2D eigenvalue weighted by Crippen LogP contribution is 2.46. The number of hydroxylamine groups is 2. The standard InChI is InChI=1S/C27H31N3O5/c1-34-21-14-8-11-19(15-21)24-23-25(27(33)30(26(23)32)20-12-6-3-7-13-20)35-29(24)17-22(31)28-16-18-9-4-2-5-10-18/h2,4-5,8-11,14-15,20,23-25H,3,6-7,12-13,16-17H2,1H3,(H,28,31). The molecule has 2 aromatic rings. The average molecular weight is 478 g/mol. The van der Waals surface area contributed by atoms with Crippen LogP contribution < -0.4 is 10.1 Å². The van der Waals surface area contributed by atoms with E-state index >= 15 is 0 Å². The summed E-state index contributed by atoms with van der Waals surface area (Å²) < 4.78 is 5.39. The van der Waals surface area contributed by atoms with Gasteiger partial charge in [0, 0.05) is 12.6 Å². The third-order valence-electron chi connectivity index (χ3n) is 7.24. The fraction of sp³-hybridized carbons (Fsp3) is 0.444. The van der Waals surface area contributed by atoms with Gasteiger partial charge in [-0.2, -0.15) is 5.06 Å². The molecule has 8 nitrogen and oxygen atoms in total. The molecule has 1 saturated carbocycles. The summed E-state index contributed by atoms with van der Waals surface area (Å²) >= 11 is 0. The SMILES string of the molecule is COc1cccc(C2C3C(=O)N(C4CCCCC4)C(=O)C3ON2CC(=O)NCc2ccccc2)c1. The van der Waals surface area contributed by atoms with Crippen molar-refractivity contribution in [3.63, 3.8) is 0 Å². The van der Waals surface area contributed by atoms with Gasteiger partial charge in [0.1, 0.15) is 12.3 Å². The lowest BCUT2D eigenvalue weighted by Gasteiger charge is -2.32. The fourth-order valence-electron chi connectivity index (χ4n) is 5.52. The number of hydrogen-bond donors (Lipinski definition) is 1. The van der Waals surface area contributed by atoms with Gasteiger partial charge in [0.15, 0.2) is 6.10 Å². The highest BCUT2D eigenvalue weighted by Gasteiger charge is 2.60. The molecule has 1 N–H and O–H groups in total. The van der Waals surface area contributed by atoms with Crippen LogP contribution in [-0.4, -0.2) is 53.5 Å². The molecule has 2 heterocycles. The molecular formula is C27H31N3O5. The van der Waals surface area contributed by atoms with Crippen LogP contribution in [0, 0.1) is 5.92 Å². The van der Waals surface area contributed by atoms with Crippen LogP contribution in [0.5, 0.6) is 5.75 Å². The Balaban J connectivity index is 1.38. The second kappa shape index (κ2) is 10.2. The van der Waals surface area contributed by atoms with Gasteiger partial charge in [-0.3, -0.25) is 24.1 Å². The lowest BCUT2D eigenvalue weighted by atomic mass is 9.90. The largest absolute Gasteiger partial charge is 0.497 e. The predicted molar refractivity (Wildman–Crippen MR) is 128 cm³/mol. The first-order valence-corrected chi connectivity index (χ1v) is 12.3. The van der Waals surface area contributed by atoms with E-state index in [-0.39, 0.29) is 30.3 Å². The Morgan fingerprint density at radius 3 is 2.54 bits per heavy atom. The maximum atomic E-state index is 13.6. The maximum absolute atomic E-state index is 13.6. The quantitative estimate of drug-likeness (QED) is 0.617. The number of imide groups is 1. The van der Waals surface area contributed by atoms with Crippen molar-refractivity contribution in [3.8, 4) is 5.75 Å². The molecule has 35 heavy (non-hydrogen) atoms. The zero-order valence-corrected chi connectivity index (χ0v) is 19.9. The van der Waals surface area contributed by atoms with Gasteiger partial charge >= 0.3 is 0 Å². The number of fused-ring (bicyclic) bond motifs is 1. The number of hydrogen-bond acceptors (Lipinski definition) is 6. The number of methoxy groups -OCH3 is 1. The number of carbonyl (C=O) groups is 3. The van der Waals surface area contributed by atoms with Crippen molar-refractivity contribution in [2.45, 2.75) is 56.8 Å². The Bertz CT molecular complexity index is 1090. The van der Waals surface area contributed by atoms with Crippen LogP contribution in [0.1, 0.15) is 49.3 Å². The number of ether oxygens (including phenoxy) is 1. The first-order valence-electron chi connectivity index (χ1n) is 12.3. The molecule has 2 aromatic carbocycles. The Morgan fingerprint density at radius 1 is 1.03 bits per heavy atom. The monoisotopic (exact) mass is 477 g/mol. The van der Waals surface area contributed by atoms with E-state index in [0.29, 0.717) is 12.3 Å². The van der Waals surface area contributed by atoms with Gasteiger partial charge < -0.3 is 10.1 Å². The number of carbonyl (C=O) groups excluding carboxylic acids is 3. The van der Waals surface area contributed by atoms with E-state index in [1.54, 1.807) is 7.11 Å². The van der Waals surface area contributed by atoms with E-state index in [0.717, 1.165) is 43.2 Å². The molecule has 3 fully saturated rings. The van der Waals surface area contributed by atoms with Crippen LogP contribution in [-0.2, 0) is 25.8 Å². The van der Waals surface area contributed by atoms with Gasteiger partial charge in [0.2, 0.25) is 11.8 Å². The molecule has 2 saturated heterocycles. The van der Waals surface area contributed by atoms with Crippen molar-refractivity contribution in [2.24, 2.45) is 5.92 Å². The molecule has 0 spiro atoms. The lowest BCUT2D eigenvalue weighted by molar-refractivity contribution is -0.184. The van der Waals surface area contributed by atoms with Gasteiger partial charge in [0.25, 0.3) is 5.91 Å². The van der Waals surface area contributed by atoms with Crippen LogP contribution >= 0.6 is 0 Å². The lowest BCUT2D eigenvalue weighted by Crippen LogP contribution is -2.45. The highest BCUT2D eigenvalue weighted by atomic mass is 16.7. The third-order valence-corrected chi connectivity index (χ3v) is 7.24. The van der Waals surface area contributed by atoms with Gasteiger partial charge in [0.05, 0.1) is 19.1 Å². The highest BCUT2D eigenvalue weighted by molar-refractivity contribution is 6.07. The summed E-state index contributed by atoms with van der Waals surface area (Å²) in [5.41, 5.74) is 1.76. The molecule has 0 radical (unpaired) electrons. The number of likely N-dealkylation sites (tertiary alicyclic amines) is 1. The number of nitrogens with one attached hydrogen (secondary N) is 1. The minimum absolute atomic E-state index is 0.0634. The van der Waals surface area contributed by atoms with Crippen molar-refractivity contribution in [2.75, 3.05) is 13.7 Å². The van der Waals surface area contributed by atoms with Crippen molar-refractivity contribution >= 4 is 17.7 Å². The second-order valence-corrected chi connectivity index (χ2v) is 9.45. The molecule has 3 aliphatic rings. The first-order chi connectivity index (χ1) is 17.1. The third kappa shape index (κ3) is 4.68. The van der Waals surface area contributed by atoms with E-state index < -0.39 is 18.1 Å². The number of benzene rings is 2. The van der Waals surface area contributed by atoms with E-state index in [1.807, 2.05) is 54.6 Å². The van der Waals surface area contributed by atoms with E-state index in [2.05, 4.69) is 5.32 Å². The molecule has 0 aromatic heterocycles. The normalized spacial score (nSPS) is 25.1. The number of nitrogens with zero attached hydrogens (tertiary/aromatic N) is 2. The molecule has 5 rings (SSSR count). The summed E-state index contributed by atoms with van der Waals surface area (Å²) in [7, 11) is 1.58. The summed E-state index contributed by atoms with van der Waals surface area (Å²) in [5, 5.41) is 4.40. The van der Waals surface area contributed by atoms with Crippen molar-refractivity contribution in [3.05, 3.63) is 65.7 Å². The minimum Gasteiger partial charge on any atom is -0.497 e. The Morgan fingerprint density at radius 2 is 1.80 bits per heavy atom. The first kappa shape index (κ1) is 23.5. The van der Waals surface area contributed by atoms with E-state index in [1.165, 1.54) is 9.96 Å². The van der Waals surface area contributed by atoms with E-state index in [4.69, 9.17) is 9.57 Å². The predicted octanol–water partition coefficient (Wildman–Crippen LogP) is 2.99. The van der Waals surface area contributed by atoms with Crippen LogP contribution in [0.3, 0.4) is 0 Å². The summed E-state index contributed by atoms with van der Waals surface area (Å²) in [4.78, 5) is 47.4. The smallest absolute Gasteiger partial charge is 0.261 e. The van der Waals surface area contributed by atoms with Crippen molar-refractivity contribution in [1.82, 2.24) is 15.3 Å². The van der Waals surface area contributed by atoms with Crippen LogP contribution in [0.25, 0.3) is 0 Å². The van der Waals surface area contributed by atoms with Gasteiger partial charge in [-0.15, -0.1) is 0 Å². The van der Waals surface area contributed by atoms with Crippen molar-refractivity contribution < 1.29 is 24.0 Å². The fourth-order valence-corrected chi connectivity index (χ4v) is 5.52. The Labute approximate surface area is 205 Å². The van der Waals surface area contributed by atoms with Crippen LogP contribution in [0.2, 0.25) is 0 Å². The zero-order chi connectivity index (χ0) is 24.4. The topological polar surface area (TPSA) is 88.2 Å². The minimum atomic E-state index is -0.914. The van der Waals surface area contributed by atoms with Gasteiger partial charge in [-0.25, -0.2) is 0 Å². The molecular weight excluding hydrogens is 446 g/mol. The molecule has 3 atom stereocenters. The Kier molecular flexibility index (Phi) is 6.83. The van der Waals surface area contributed by atoms with Gasteiger partial charge in [-0.05, 0) is 36.1 Å². The van der Waals surface area contributed by atoms with Crippen LogP contribution in [0.15, 0.2) is 54.6 Å². The molecule has 8 heteroatoms. The molecule has 0 bridgehead atoms. The summed E-state index contributed by atoms with van der Waals surface area (Å²) in [6.07, 6.45) is 3.94. The average Bonchev–Trinajstić information content (AvgIpc) is 3.38. The van der Waals surface area contributed by atoms with E-state index in [9.17, 15) is 14.4 Å². The Hall–Kier alpha value is -3.23. The molecule has 184 valence electrons. The molecule has 3 amide bonds. The number of amides is 3. The molecule has 3 unspecified atom stereocenters. The zero-order valence-electron chi connectivity index (χ0n) is 19.9. The summed E-state index contributed by atoms with van der Waals surface area (Å²) in [6.45, 7) is 0.295. The summed E-state index contributed by atoms with van der Waals surface area (Å²) in [6, 6.07) is 16.4. The second-order valence-electron chi connectivity index (χ2n) is 9.45. The van der Waals surface area contributed by atoms with Crippen LogP contribution in [0.4, 0.5) is 0 Å². The van der Waals surface area contributed by atoms with Crippen molar-refractivity contribution in [1.29, 1.82) is 0 Å². The molecule has 1 aliphatic carbocycles. The maximum Gasteiger partial charge on any atom is 0.261 e. The number of rotatable bonds is 7. The molecule has 2 aliphatic heterocycles.